The molecule has 36 heavy (non-hydrogen) atoms. The Morgan fingerprint density at radius 2 is 1.75 bits per heavy atom. The Morgan fingerprint density at radius 1 is 1.11 bits per heavy atom. The predicted octanol–water partition coefficient (Wildman–Crippen LogP) is 4.69. The van der Waals surface area contributed by atoms with Crippen LogP contribution < -0.4 is 4.74 Å². The summed E-state index contributed by atoms with van der Waals surface area (Å²) in [7, 11) is 2.01. The molecule has 194 valence electrons. The normalized spacial score (nSPS) is 15.7. The van der Waals surface area contributed by atoms with E-state index in [1.807, 2.05) is 31.3 Å². The monoisotopic (exact) mass is 530 g/mol. The molecule has 2 N–H and O–H groups in total. The molecule has 2 heterocycles. The van der Waals surface area contributed by atoms with Gasteiger partial charge in [-0.05, 0) is 50.2 Å². The summed E-state index contributed by atoms with van der Waals surface area (Å²) < 4.78 is 64.0. The number of aromatic nitrogens is 1. The molecule has 3 aromatic rings. The van der Waals surface area contributed by atoms with Crippen molar-refractivity contribution in [2.45, 2.75) is 31.4 Å². The standard InChI is InChI=1S/C21H20F4N2O2S.C2H2O4/c1-27-10-8-13(9-11-27)28-19(20-26-17-4-2-3-5-18(17)30-20)15-12-14(6-7-16(15)22)29-21(23,24)25;3-1(4)2(5)6/h2-7,12-13,19H,8-11H2,1H3;(H,3,4)(H,5,6). The van der Waals surface area contributed by atoms with E-state index < -0.39 is 36.0 Å². The van der Waals surface area contributed by atoms with Gasteiger partial charge < -0.3 is 24.6 Å². The van der Waals surface area contributed by atoms with E-state index in [-0.39, 0.29) is 11.7 Å². The topological polar surface area (TPSA) is 109 Å². The quantitative estimate of drug-likeness (QED) is 0.361. The number of piperidine rings is 1. The molecule has 1 aromatic heterocycles. The van der Waals surface area contributed by atoms with E-state index in [4.69, 9.17) is 24.5 Å². The second kappa shape index (κ2) is 11.6. The zero-order chi connectivity index (χ0) is 26.5. The number of para-hydroxylation sites is 1. The summed E-state index contributed by atoms with van der Waals surface area (Å²) in [6.45, 7) is 1.66. The lowest BCUT2D eigenvalue weighted by molar-refractivity contribution is -0.274. The number of halogens is 4. The van der Waals surface area contributed by atoms with Gasteiger partial charge in [-0.1, -0.05) is 12.1 Å². The lowest BCUT2D eigenvalue weighted by atomic mass is 10.1. The van der Waals surface area contributed by atoms with Crippen LogP contribution in [0, 0.1) is 5.82 Å². The third-order valence-corrected chi connectivity index (χ3v) is 6.27. The molecule has 1 saturated heterocycles. The first-order valence-corrected chi connectivity index (χ1v) is 11.5. The molecule has 1 fully saturated rings. The van der Waals surface area contributed by atoms with Gasteiger partial charge in [-0.15, -0.1) is 24.5 Å². The van der Waals surface area contributed by atoms with E-state index in [0.717, 1.165) is 54.3 Å². The molecule has 0 spiro atoms. The Balaban J connectivity index is 0.000000538. The van der Waals surface area contributed by atoms with E-state index in [9.17, 15) is 17.6 Å². The first kappa shape index (κ1) is 27.3. The van der Waals surface area contributed by atoms with E-state index in [1.165, 1.54) is 11.3 Å². The second-order valence-corrected chi connectivity index (χ2v) is 8.94. The summed E-state index contributed by atoms with van der Waals surface area (Å²) in [6, 6.07) is 10.4. The fourth-order valence-electron chi connectivity index (χ4n) is 3.50. The number of hydrogen-bond donors (Lipinski definition) is 2. The smallest absolute Gasteiger partial charge is 0.473 e. The van der Waals surface area contributed by atoms with Gasteiger partial charge >= 0.3 is 18.3 Å². The predicted molar refractivity (Wildman–Crippen MR) is 121 cm³/mol. The summed E-state index contributed by atoms with van der Waals surface area (Å²) in [5, 5.41) is 15.3. The molecular formula is C23H22F4N2O6S. The fraction of sp³-hybridized carbons (Fsp3) is 0.348. The Labute approximate surface area is 206 Å². The van der Waals surface area contributed by atoms with Crippen LogP contribution in [-0.2, 0) is 14.3 Å². The Kier molecular flexibility index (Phi) is 8.82. The van der Waals surface area contributed by atoms with Crippen LogP contribution in [-0.4, -0.2) is 64.6 Å². The molecule has 4 rings (SSSR count). The first-order valence-electron chi connectivity index (χ1n) is 10.6. The second-order valence-electron chi connectivity index (χ2n) is 7.88. The van der Waals surface area contributed by atoms with Crippen LogP contribution in [0.2, 0.25) is 0 Å². The van der Waals surface area contributed by atoms with E-state index in [2.05, 4.69) is 14.6 Å². The number of carbonyl (C=O) groups is 2. The zero-order valence-electron chi connectivity index (χ0n) is 18.9. The molecule has 1 aliphatic rings. The van der Waals surface area contributed by atoms with Crippen LogP contribution in [0.15, 0.2) is 42.5 Å². The number of fused-ring (bicyclic) bond motifs is 1. The lowest BCUT2D eigenvalue weighted by Crippen LogP contribution is -2.35. The van der Waals surface area contributed by atoms with Crippen molar-refractivity contribution in [3.63, 3.8) is 0 Å². The van der Waals surface area contributed by atoms with Crippen LogP contribution in [0.25, 0.3) is 10.2 Å². The van der Waals surface area contributed by atoms with Crippen molar-refractivity contribution < 1.29 is 46.8 Å². The van der Waals surface area contributed by atoms with Crippen molar-refractivity contribution in [1.82, 2.24) is 9.88 Å². The minimum atomic E-state index is -4.87. The number of rotatable bonds is 5. The van der Waals surface area contributed by atoms with Gasteiger partial charge in [-0.2, -0.15) is 0 Å². The van der Waals surface area contributed by atoms with E-state index in [1.54, 1.807) is 0 Å². The number of alkyl halides is 3. The van der Waals surface area contributed by atoms with Crippen molar-refractivity contribution >= 4 is 33.5 Å². The highest BCUT2D eigenvalue weighted by molar-refractivity contribution is 7.18. The number of nitrogens with zero attached hydrogens (tertiary/aromatic N) is 2. The minimum Gasteiger partial charge on any atom is -0.473 e. The van der Waals surface area contributed by atoms with Crippen LogP contribution in [0.4, 0.5) is 17.6 Å². The van der Waals surface area contributed by atoms with Crippen molar-refractivity contribution in [2.24, 2.45) is 0 Å². The third-order valence-electron chi connectivity index (χ3n) is 5.20. The number of benzene rings is 2. The molecule has 1 unspecified atom stereocenters. The molecule has 0 aliphatic carbocycles. The van der Waals surface area contributed by atoms with Crippen molar-refractivity contribution in [3.8, 4) is 5.75 Å². The van der Waals surface area contributed by atoms with Crippen molar-refractivity contribution in [2.75, 3.05) is 20.1 Å². The minimum absolute atomic E-state index is 0.0188. The largest absolute Gasteiger partial charge is 0.573 e. The zero-order valence-corrected chi connectivity index (χ0v) is 19.7. The van der Waals surface area contributed by atoms with Crippen molar-refractivity contribution in [1.29, 1.82) is 0 Å². The highest BCUT2D eigenvalue weighted by Crippen LogP contribution is 2.38. The summed E-state index contributed by atoms with van der Waals surface area (Å²) in [4.78, 5) is 24.9. The molecular weight excluding hydrogens is 508 g/mol. The average molecular weight is 530 g/mol. The average Bonchev–Trinajstić information content (AvgIpc) is 3.23. The van der Waals surface area contributed by atoms with Gasteiger partial charge in [0, 0.05) is 18.7 Å². The highest BCUT2D eigenvalue weighted by Gasteiger charge is 2.33. The summed E-state index contributed by atoms with van der Waals surface area (Å²) in [6.07, 6.45) is -4.44. The number of ether oxygens (including phenoxy) is 2. The van der Waals surface area contributed by atoms with E-state index >= 15 is 0 Å². The molecule has 0 saturated carbocycles. The Hall–Kier alpha value is -3.29. The number of aliphatic carboxylic acids is 2. The number of likely N-dealkylation sites (tertiary alicyclic amines) is 1. The lowest BCUT2D eigenvalue weighted by Gasteiger charge is -2.31. The van der Waals surface area contributed by atoms with E-state index in [0.29, 0.717) is 5.01 Å². The number of hydrogen-bond acceptors (Lipinski definition) is 7. The Bertz CT molecular complexity index is 1170. The van der Waals surface area contributed by atoms with Gasteiger partial charge in [0.05, 0.1) is 16.3 Å². The maximum absolute atomic E-state index is 14.8. The highest BCUT2D eigenvalue weighted by atomic mass is 32.1. The SMILES string of the molecule is CN1CCC(OC(c2nc3ccccc3s2)c2cc(OC(F)(F)F)ccc2F)CC1.O=C(O)C(=O)O. The summed E-state index contributed by atoms with van der Waals surface area (Å²) in [5.74, 6) is -4.80. The van der Waals surface area contributed by atoms with Gasteiger partial charge in [0.2, 0.25) is 0 Å². The molecule has 8 nitrogen and oxygen atoms in total. The van der Waals surface area contributed by atoms with Gasteiger partial charge in [0.15, 0.2) is 0 Å². The van der Waals surface area contributed by atoms with Gasteiger partial charge in [0.1, 0.15) is 22.7 Å². The number of thiazole rings is 1. The molecule has 1 atom stereocenters. The van der Waals surface area contributed by atoms with Crippen LogP contribution >= 0.6 is 11.3 Å². The maximum Gasteiger partial charge on any atom is 0.573 e. The first-order chi connectivity index (χ1) is 16.9. The van der Waals surface area contributed by atoms with Gasteiger partial charge in [-0.3, -0.25) is 0 Å². The fourth-order valence-corrected chi connectivity index (χ4v) is 4.52. The van der Waals surface area contributed by atoms with Gasteiger partial charge in [0.25, 0.3) is 0 Å². The molecule has 0 radical (unpaired) electrons. The van der Waals surface area contributed by atoms with Crippen LogP contribution in [0.1, 0.15) is 29.5 Å². The molecule has 0 bridgehead atoms. The third kappa shape index (κ3) is 7.60. The van der Waals surface area contributed by atoms with Crippen molar-refractivity contribution in [3.05, 3.63) is 58.9 Å². The van der Waals surface area contributed by atoms with Crippen LogP contribution in [0.5, 0.6) is 5.75 Å². The maximum atomic E-state index is 14.8. The van der Waals surface area contributed by atoms with Crippen LogP contribution in [0.3, 0.4) is 0 Å². The number of carboxylic acids is 2. The molecule has 0 amide bonds. The molecule has 13 heteroatoms. The summed E-state index contributed by atoms with van der Waals surface area (Å²) >= 11 is 1.34. The molecule has 1 aliphatic heterocycles. The van der Waals surface area contributed by atoms with Gasteiger partial charge in [-0.25, -0.2) is 19.0 Å². The Morgan fingerprint density at radius 3 is 2.33 bits per heavy atom. The number of carboxylic acid groups (broad SMARTS) is 2. The summed E-state index contributed by atoms with van der Waals surface area (Å²) in [5.41, 5.74) is 0.715. The molecule has 2 aromatic carbocycles.